The number of carbonyl (C=O) groups is 4. The number of benzene rings is 2. The quantitative estimate of drug-likeness (QED) is 0.0816. The van der Waals surface area contributed by atoms with Crippen molar-refractivity contribution in [2.24, 2.45) is 11.8 Å². The Morgan fingerprint density at radius 3 is 2.27 bits per heavy atom. The molecule has 0 radical (unpaired) electrons. The number of carbonyl (C=O) groups excluding carboxylic acids is 4. The van der Waals surface area contributed by atoms with Crippen molar-refractivity contribution in [2.45, 2.75) is 103 Å². The smallest absolute Gasteiger partial charge is 0.272 e. The van der Waals surface area contributed by atoms with Crippen molar-refractivity contribution in [2.75, 3.05) is 110 Å². The highest BCUT2D eigenvalue weighted by molar-refractivity contribution is 5.98. The average molecular weight is 1110 g/mol. The van der Waals surface area contributed by atoms with Crippen LogP contribution < -0.4 is 30.6 Å². The van der Waals surface area contributed by atoms with Crippen LogP contribution in [0.4, 0.5) is 5.69 Å². The molecule has 4 amide bonds. The Bertz CT molecular complexity index is 3010. The molecule has 5 fully saturated rings. The summed E-state index contributed by atoms with van der Waals surface area (Å²) in [4.78, 5) is 93.6. The lowest BCUT2D eigenvalue weighted by molar-refractivity contribution is -0.137. The summed E-state index contributed by atoms with van der Waals surface area (Å²) in [6.07, 6.45) is 13.2. The molecule has 4 aliphatic heterocycles. The van der Waals surface area contributed by atoms with Gasteiger partial charge in [0.25, 0.3) is 17.4 Å². The minimum Gasteiger partial charge on any atom is -0.497 e. The fourth-order valence-corrected chi connectivity index (χ4v) is 12.8. The average Bonchev–Trinajstić information content (AvgIpc) is 3.51. The van der Waals surface area contributed by atoms with Gasteiger partial charge >= 0.3 is 0 Å². The van der Waals surface area contributed by atoms with Gasteiger partial charge in [0.05, 0.1) is 43.2 Å². The van der Waals surface area contributed by atoms with Gasteiger partial charge in [-0.25, -0.2) is 4.98 Å². The van der Waals surface area contributed by atoms with Crippen LogP contribution in [0.25, 0.3) is 11.0 Å². The number of pyridine rings is 3. The molecule has 3 N–H and O–H groups in total. The van der Waals surface area contributed by atoms with Gasteiger partial charge in [-0.05, 0) is 117 Å². The SMILES string of the molecule is CCOc1cc(OC)ccc1CNCC(=O)N1CCC[C@@H](c2cccc(C(=O)N[C@H](C(=O)N3CCN(CC4CCN(C(=O)c5ccc(N6CCN(Cc7cnc8cc(CC)c(=O)[nH]c8c7)CC6)cn5)CC4)CC3)C3CCCCC3)c2)C1. The Kier molecular flexibility index (Phi) is 19.3. The summed E-state index contributed by atoms with van der Waals surface area (Å²) in [5.41, 5.74) is 7.39. The van der Waals surface area contributed by atoms with E-state index in [1.54, 1.807) is 7.11 Å². The zero-order valence-corrected chi connectivity index (χ0v) is 47.8. The van der Waals surface area contributed by atoms with Crippen molar-refractivity contribution in [3.05, 3.63) is 123 Å². The lowest BCUT2D eigenvalue weighted by atomic mass is 9.83. The molecule has 10 rings (SSSR count). The second-order valence-corrected chi connectivity index (χ2v) is 22.9. The number of aromatic nitrogens is 3. The highest BCUT2D eigenvalue weighted by Crippen LogP contribution is 2.31. The molecule has 18 heteroatoms. The summed E-state index contributed by atoms with van der Waals surface area (Å²) < 4.78 is 11.2. The number of piperazine rings is 2. The number of aromatic amines is 1. The first-order valence-electron chi connectivity index (χ1n) is 30.0. The second-order valence-electron chi connectivity index (χ2n) is 22.9. The van der Waals surface area contributed by atoms with E-state index in [0.717, 1.165) is 161 Å². The maximum atomic E-state index is 14.5. The van der Waals surface area contributed by atoms with Crippen molar-refractivity contribution in [3.63, 3.8) is 0 Å². The summed E-state index contributed by atoms with van der Waals surface area (Å²) in [5.74, 6) is 1.95. The number of ether oxygens (including phenoxy) is 2. The standard InChI is InChI=1S/C63H83N11O7/c1-4-46-35-55-56(67-60(46)76)33-45(37-65-55)42-70-25-29-71(30-26-70)52-17-19-54(66-39-52)62(78)72-23-20-44(21-24-72)41-69-27-31-73(32-28-69)63(79)59(47-11-7-6-8-12-47)68-61(77)49-14-9-13-48(34-49)51-15-10-22-74(43-51)58(75)40-64-38-50-16-18-53(80-3)36-57(50)81-5-2/h9,13-14,16-19,33-37,39,44,47,51,59,64H,4-8,10-12,15,20-32,38,40-43H2,1-3H3,(H,67,76)(H,68,77)/t51-,59+/m1/s1. The minimum absolute atomic E-state index is 0.0201. The Morgan fingerprint density at radius 2 is 1.53 bits per heavy atom. The number of likely N-dealkylation sites (tertiary alicyclic amines) is 2. The molecular weight excluding hydrogens is 1020 g/mol. The van der Waals surface area contributed by atoms with E-state index in [4.69, 9.17) is 9.47 Å². The predicted octanol–water partition coefficient (Wildman–Crippen LogP) is 6.48. The largest absolute Gasteiger partial charge is 0.497 e. The summed E-state index contributed by atoms with van der Waals surface area (Å²) in [6, 6.07) is 20.7. The van der Waals surface area contributed by atoms with Crippen LogP contribution in [0, 0.1) is 11.8 Å². The minimum atomic E-state index is -0.579. The molecule has 4 saturated heterocycles. The maximum Gasteiger partial charge on any atom is 0.272 e. The van der Waals surface area contributed by atoms with Crippen LogP contribution >= 0.6 is 0 Å². The van der Waals surface area contributed by atoms with Gasteiger partial charge in [0, 0.05) is 133 Å². The van der Waals surface area contributed by atoms with Crippen LogP contribution in [0.15, 0.2) is 83.9 Å². The maximum absolute atomic E-state index is 14.5. The molecule has 0 spiro atoms. The topological polar surface area (TPSA) is 189 Å². The van der Waals surface area contributed by atoms with Crippen LogP contribution in [0.1, 0.15) is 121 Å². The first-order valence-corrected chi connectivity index (χ1v) is 30.0. The molecule has 5 aliphatic rings. The van der Waals surface area contributed by atoms with E-state index < -0.39 is 6.04 Å². The van der Waals surface area contributed by atoms with E-state index in [0.29, 0.717) is 76.0 Å². The number of hydrogen-bond acceptors (Lipinski definition) is 13. The van der Waals surface area contributed by atoms with Crippen LogP contribution in [0.2, 0.25) is 0 Å². The lowest BCUT2D eigenvalue weighted by Gasteiger charge is -2.41. The summed E-state index contributed by atoms with van der Waals surface area (Å²) in [7, 11) is 1.63. The number of rotatable bonds is 19. The third-order valence-electron chi connectivity index (χ3n) is 17.7. The Balaban J connectivity index is 0.655. The van der Waals surface area contributed by atoms with Gasteiger partial charge in [-0.2, -0.15) is 0 Å². The van der Waals surface area contributed by atoms with Crippen molar-refractivity contribution in [1.82, 2.24) is 50.1 Å². The fourth-order valence-electron chi connectivity index (χ4n) is 12.8. The van der Waals surface area contributed by atoms with Gasteiger partial charge in [0.15, 0.2) is 0 Å². The van der Waals surface area contributed by atoms with E-state index >= 15 is 0 Å². The molecule has 2 aromatic carbocycles. The van der Waals surface area contributed by atoms with Crippen LogP contribution in [-0.4, -0.2) is 174 Å². The van der Waals surface area contributed by atoms with Gasteiger partial charge < -0.3 is 44.7 Å². The van der Waals surface area contributed by atoms with E-state index in [1.807, 2.05) is 102 Å². The number of hydrogen-bond donors (Lipinski definition) is 3. The summed E-state index contributed by atoms with van der Waals surface area (Å²) in [5, 5.41) is 6.58. The Hall–Kier alpha value is -6.89. The molecule has 3 aromatic heterocycles. The van der Waals surface area contributed by atoms with Gasteiger partial charge in [0.1, 0.15) is 23.2 Å². The van der Waals surface area contributed by atoms with E-state index in [9.17, 15) is 24.0 Å². The molecule has 2 atom stereocenters. The molecule has 1 aliphatic carbocycles. The van der Waals surface area contributed by atoms with Crippen LogP contribution in [-0.2, 0) is 29.1 Å². The number of piperidine rings is 2. The summed E-state index contributed by atoms with van der Waals surface area (Å²) >= 11 is 0. The first kappa shape index (κ1) is 57.3. The third-order valence-corrected chi connectivity index (χ3v) is 17.7. The number of nitrogens with one attached hydrogen (secondary N) is 3. The van der Waals surface area contributed by atoms with E-state index in [2.05, 4.69) is 46.4 Å². The number of methoxy groups -OCH3 is 1. The van der Waals surface area contributed by atoms with Gasteiger partial charge in [-0.3, -0.25) is 38.8 Å². The van der Waals surface area contributed by atoms with Crippen molar-refractivity contribution in [3.8, 4) is 11.5 Å². The third kappa shape index (κ3) is 14.4. The van der Waals surface area contributed by atoms with Gasteiger partial charge in [0.2, 0.25) is 11.8 Å². The zero-order chi connectivity index (χ0) is 56.2. The first-order chi connectivity index (χ1) is 39.5. The zero-order valence-electron chi connectivity index (χ0n) is 47.8. The number of nitrogens with zero attached hydrogens (tertiary/aromatic N) is 8. The number of fused-ring (bicyclic) bond motifs is 1. The molecule has 0 bridgehead atoms. The second kappa shape index (κ2) is 27.3. The van der Waals surface area contributed by atoms with Gasteiger partial charge in [-0.15, -0.1) is 0 Å². The normalized spacial score (nSPS) is 19.4. The highest BCUT2D eigenvalue weighted by atomic mass is 16.5. The van der Waals surface area contributed by atoms with Crippen LogP contribution in [0.3, 0.4) is 0 Å². The molecule has 81 heavy (non-hydrogen) atoms. The summed E-state index contributed by atoms with van der Waals surface area (Å²) in [6.45, 7) is 15.8. The molecule has 7 heterocycles. The molecular formula is C63H83N11O7. The Labute approximate surface area is 476 Å². The monoisotopic (exact) mass is 1110 g/mol. The molecule has 5 aromatic rings. The Morgan fingerprint density at radius 1 is 0.741 bits per heavy atom. The van der Waals surface area contributed by atoms with Crippen molar-refractivity contribution >= 4 is 40.3 Å². The molecule has 18 nitrogen and oxygen atoms in total. The van der Waals surface area contributed by atoms with E-state index in [-0.39, 0.29) is 47.6 Å². The number of H-pyrrole nitrogens is 1. The highest BCUT2D eigenvalue weighted by Gasteiger charge is 2.36. The van der Waals surface area contributed by atoms with Crippen molar-refractivity contribution < 1.29 is 28.7 Å². The van der Waals surface area contributed by atoms with Gasteiger partial charge in [-0.1, -0.05) is 44.4 Å². The lowest BCUT2D eigenvalue weighted by Crippen LogP contribution is -2.57. The predicted molar refractivity (Wildman–Crippen MR) is 314 cm³/mol. The fraction of sp³-hybridized carbons (Fsp3) is 0.540. The van der Waals surface area contributed by atoms with Crippen molar-refractivity contribution in [1.29, 1.82) is 0 Å². The molecule has 432 valence electrons. The molecule has 0 unspecified atom stereocenters. The number of amides is 4. The van der Waals surface area contributed by atoms with Crippen LogP contribution in [0.5, 0.6) is 11.5 Å². The van der Waals surface area contributed by atoms with E-state index in [1.165, 1.54) is 0 Å². The molecule has 1 saturated carbocycles. The number of aryl methyl sites for hydroxylation is 1. The number of anilines is 1.